The fourth-order valence-electron chi connectivity index (χ4n) is 3.44. The van der Waals surface area contributed by atoms with Gasteiger partial charge in [-0.25, -0.2) is 0 Å². The Kier molecular flexibility index (Phi) is 3.96. The number of allylic oxidation sites excluding steroid dienone is 5. The van der Waals surface area contributed by atoms with Gasteiger partial charge >= 0.3 is 0 Å². The molecule has 1 atom stereocenters. The number of hydrogen-bond donors (Lipinski definition) is 0. The first kappa shape index (κ1) is 16.7. The Labute approximate surface area is 156 Å². The van der Waals surface area contributed by atoms with E-state index in [0.717, 1.165) is 11.1 Å². The third kappa shape index (κ3) is 2.56. The van der Waals surface area contributed by atoms with Gasteiger partial charge in [0.1, 0.15) is 12.3 Å². The lowest BCUT2D eigenvalue weighted by Crippen LogP contribution is -2.39. The van der Waals surface area contributed by atoms with E-state index in [2.05, 4.69) is 0 Å². The van der Waals surface area contributed by atoms with Gasteiger partial charge < -0.3 is 9.64 Å². The van der Waals surface area contributed by atoms with Crippen LogP contribution < -0.4 is 0 Å². The maximum atomic E-state index is 12.6. The van der Waals surface area contributed by atoms with Crippen LogP contribution in [-0.2, 0) is 14.3 Å². The molecule has 0 saturated heterocycles. The first-order valence-corrected chi connectivity index (χ1v) is 8.66. The second-order valence-electron chi connectivity index (χ2n) is 6.40. The van der Waals surface area contributed by atoms with Gasteiger partial charge in [0.15, 0.2) is 0 Å². The largest absolute Gasteiger partial charge is 0.445 e. The van der Waals surface area contributed by atoms with Crippen molar-refractivity contribution in [2.45, 2.75) is 12.8 Å². The molecule has 5 nitrogen and oxygen atoms in total. The molecule has 2 aliphatic heterocycles. The van der Waals surface area contributed by atoms with Crippen molar-refractivity contribution < 1.29 is 14.3 Å². The minimum Gasteiger partial charge on any atom is -0.445 e. The van der Waals surface area contributed by atoms with Crippen LogP contribution in [0.1, 0.15) is 18.4 Å². The molecule has 1 aliphatic carbocycles. The van der Waals surface area contributed by atoms with Gasteiger partial charge in [-0.05, 0) is 24.6 Å². The summed E-state index contributed by atoms with van der Waals surface area (Å²) in [5.41, 5.74) is 2.37. The van der Waals surface area contributed by atoms with Crippen LogP contribution in [0, 0.1) is 0 Å². The molecule has 2 heterocycles. The van der Waals surface area contributed by atoms with Crippen LogP contribution >= 0.6 is 11.6 Å². The zero-order valence-corrected chi connectivity index (χ0v) is 15.2. The number of carbonyl (C=O) groups excluding carboxylic acids is 2. The van der Waals surface area contributed by atoms with E-state index in [1.54, 1.807) is 31.0 Å². The first-order valence-electron chi connectivity index (χ1n) is 8.28. The van der Waals surface area contributed by atoms with E-state index in [1.807, 2.05) is 30.3 Å². The quantitative estimate of drug-likeness (QED) is 0.764. The summed E-state index contributed by atoms with van der Waals surface area (Å²) < 4.78 is 5.95. The minimum absolute atomic E-state index is 0.0750. The highest BCUT2D eigenvalue weighted by Gasteiger charge is 2.40. The van der Waals surface area contributed by atoms with E-state index in [9.17, 15) is 9.59 Å². The van der Waals surface area contributed by atoms with Crippen molar-refractivity contribution in [2.75, 3.05) is 13.6 Å². The Morgan fingerprint density at radius 2 is 1.88 bits per heavy atom. The van der Waals surface area contributed by atoms with E-state index in [1.165, 1.54) is 11.0 Å². The SMILES string of the molecule is CC1=CC(=O)N2CC(=O)N(C)C3=CC=C(Cl)[C@H](c4ccccc4)C3=C2O1. The third-order valence-corrected chi connectivity index (χ3v) is 5.07. The summed E-state index contributed by atoms with van der Waals surface area (Å²) in [7, 11) is 1.70. The lowest BCUT2D eigenvalue weighted by molar-refractivity contribution is -0.136. The number of likely N-dealkylation sites (N-methyl/N-ethyl adjacent to an activating group) is 1. The van der Waals surface area contributed by atoms with Crippen LogP contribution in [0.15, 0.2) is 76.5 Å². The lowest BCUT2D eigenvalue weighted by atomic mass is 9.85. The maximum Gasteiger partial charge on any atom is 0.257 e. The summed E-state index contributed by atoms with van der Waals surface area (Å²) in [5.74, 6) is 0.0904. The number of amides is 2. The molecular weight excluding hydrogens is 352 g/mol. The maximum absolute atomic E-state index is 12.6. The van der Waals surface area contributed by atoms with Gasteiger partial charge in [-0.3, -0.25) is 14.5 Å². The minimum atomic E-state index is -0.317. The van der Waals surface area contributed by atoms with Crippen LogP contribution in [0.25, 0.3) is 0 Å². The van der Waals surface area contributed by atoms with E-state index >= 15 is 0 Å². The highest BCUT2D eigenvalue weighted by molar-refractivity contribution is 6.31. The van der Waals surface area contributed by atoms with E-state index in [-0.39, 0.29) is 24.3 Å². The molecule has 0 unspecified atom stereocenters. The monoisotopic (exact) mass is 368 g/mol. The van der Waals surface area contributed by atoms with Crippen LogP contribution in [0.4, 0.5) is 0 Å². The van der Waals surface area contributed by atoms with Crippen molar-refractivity contribution in [3.8, 4) is 0 Å². The van der Waals surface area contributed by atoms with Crippen LogP contribution in [0.5, 0.6) is 0 Å². The number of nitrogens with zero attached hydrogens (tertiary/aromatic N) is 2. The number of halogens is 1. The van der Waals surface area contributed by atoms with E-state index in [0.29, 0.717) is 22.4 Å². The van der Waals surface area contributed by atoms with Gasteiger partial charge in [0.25, 0.3) is 5.91 Å². The molecule has 0 fully saturated rings. The molecule has 2 amide bonds. The molecule has 1 aromatic carbocycles. The second-order valence-corrected chi connectivity index (χ2v) is 6.84. The molecular formula is C20H17ClN2O3. The molecule has 1 aromatic rings. The Balaban J connectivity index is 1.99. The molecule has 26 heavy (non-hydrogen) atoms. The summed E-state index contributed by atoms with van der Waals surface area (Å²) in [6.45, 7) is 1.65. The van der Waals surface area contributed by atoms with E-state index in [4.69, 9.17) is 16.3 Å². The van der Waals surface area contributed by atoms with Crippen LogP contribution in [0.2, 0.25) is 0 Å². The van der Waals surface area contributed by atoms with Crippen molar-refractivity contribution in [1.82, 2.24) is 9.80 Å². The average molecular weight is 369 g/mol. The lowest BCUT2D eigenvalue weighted by Gasteiger charge is -2.32. The summed E-state index contributed by atoms with van der Waals surface area (Å²) in [6.07, 6.45) is 4.99. The number of hydrogen-bond acceptors (Lipinski definition) is 3. The number of ether oxygens (including phenoxy) is 1. The predicted octanol–water partition coefficient (Wildman–Crippen LogP) is 3.24. The number of carbonyl (C=O) groups is 2. The fourth-order valence-corrected chi connectivity index (χ4v) is 3.74. The number of rotatable bonds is 1. The highest BCUT2D eigenvalue weighted by Crippen LogP contribution is 2.45. The van der Waals surface area contributed by atoms with Crippen molar-refractivity contribution in [3.63, 3.8) is 0 Å². The Bertz CT molecular complexity index is 928. The van der Waals surface area contributed by atoms with Crippen molar-refractivity contribution in [3.05, 3.63) is 82.1 Å². The molecule has 3 aliphatic rings. The summed E-state index contributed by atoms with van der Waals surface area (Å²) in [4.78, 5) is 28.1. The van der Waals surface area contributed by atoms with Gasteiger partial charge in [0.05, 0.1) is 11.6 Å². The van der Waals surface area contributed by atoms with Crippen molar-refractivity contribution in [2.24, 2.45) is 0 Å². The molecule has 6 heteroatoms. The molecule has 0 spiro atoms. The van der Waals surface area contributed by atoms with Gasteiger partial charge in [-0.1, -0.05) is 41.9 Å². The standard InChI is InChI=1S/C20H17ClN2O3/c1-12-10-16(24)23-11-17(25)22(2)15-9-8-14(21)18(19(15)20(23)26-12)13-6-4-3-5-7-13/h3-10,18H,11H2,1-2H3/t18-/m0/s1. The summed E-state index contributed by atoms with van der Waals surface area (Å²) in [5, 5.41) is 0.605. The van der Waals surface area contributed by atoms with Crippen LogP contribution in [-0.4, -0.2) is 35.2 Å². The second kappa shape index (κ2) is 6.18. The highest BCUT2D eigenvalue weighted by atomic mass is 35.5. The first-order chi connectivity index (χ1) is 12.5. The Morgan fingerprint density at radius 3 is 2.62 bits per heavy atom. The summed E-state index contributed by atoms with van der Waals surface area (Å²) >= 11 is 6.58. The van der Waals surface area contributed by atoms with Crippen LogP contribution in [0.3, 0.4) is 0 Å². The normalized spacial score (nSPS) is 22.7. The zero-order chi connectivity index (χ0) is 18.4. The molecule has 0 bridgehead atoms. The van der Waals surface area contributed by atoms with Gasteiger partial charge in [0.2, 0.25) is 11.8 Å². The molecule has 132 valence electrons. The summed E-state index contributed by atoms with van der Waals surface area (Å²) in [6, 6.07) is 9.75. The van der Waals surface area contributed by atoms with E-state index < -0.39 is 0 Å². The third-order valence-electron chi connectivity index (χ3n) is 4.73. The average Bonchev–Trinajstić information content (AvgIpc) is 2.72. The Morgan fingerprint density at radius 1 is 1.15 bits per heavy atom. The number of benzene rings is 1. The fraction of sp³-hybridized carbons (Fsp3) is 0.200. The van der Waals surface area contributed by atoms with Gasteiger partial charge in [0, 0.05) is 23.7 Å². The smallest absolute Gasteiger partial charge is 0.257 e. The molecule has 0 N–H and O–H groups in total. The Hall–Kier alpha value is -2.79. The van der Waals surface area contributed by atoms with Crippen molar-refractivity contribution >= 4 is 23.4 Å². The van der Waals surface area contributed by atoms with Crippen molar-refractivity contribution in [1.29, 1.82) is 0 Å². The molecule has 4 rings (SSSR count). The molecule has 0 saturated carbocycles. The topological polar surface area (TPSA) is 49.9 Å². The number of fused-ring (bicyclic) bond motifs is 2. The zero-order valence-electron chi connectivity index (χ0n) is 14.4. The van der Waals surface area contributed by atoms with Gasteiger partial charge in [-0.15, -0.1) is 0 Å². The molecule has 0 aromatic heterocycles. The molecule has 0 radical (unpaired) electrons. The van der Waals surface area contributed by atoms with Gasteiger partial charge in [-0.2, -0.15) is 0 Å². The predicted molar refractivity (Wildman–Crippen MR) is 97.6 cm³/mol.